The molecular formula is C18H15Cl2N3O2. The molecule has 0 spiro atoms. The highest BCUT2D eigenvalue weighted by atomic mass is 35.5. The fourth-order valence-corrected chi connectivity index (χ4v) is 2.73. The molecule has 0 saturated heterocycles. The first-order valence-corrected chi connectivity index (χ1v) is 8.36. The van der Waals surface area contributed by atoms with E-state index in [0.717, 1.165) is 17.7 Å². The smallest absolute Gasteiger partial charge is 0.292 e. The number of hydrogen-bond donors (Lipinski definition) is 2. The van der Waals surface area contributed by atoms with Crippen molar-refractivity contribution in [3.05, 3.63) is 76.3 Å². The standard InChI is InChI=1S/C18H15Cl2N3O2/c19-13-4-3-12(15(20)10-13)7-8-21-14-5-6-17(22-11-14)23-18(24)16-2-1-9-25-16/h1-6,9-11,21H,7-8H2,(H,22,23,24). The molecule has 1 amide bonds. The van der Waals surface area contributed by atoms with Crippen molar-refractivity contribution in [2.45, 2.75) is 6.42 Å². The summed E-state index contributed by atoms with van der Waals surface area (Å²) >= 11 is 12.0. The van der Waals surface area contributed by atoms with Gasteiger partial charge in [-0.15, -0.1) is 0 Å². The van der Waals surface area contributed by atoms with Crippen LogP contribution in [0, 0.1) is 0 Å². The van der Waals surface area contributed by atoms with Crippen LogP contribution in [0.4, 0.5) is 11.5 Å². The van der Waals surface area contributed by atoms with E-state index in [9.17, 15) is 4.79 Å². The summed E-state index contributed by atoms with van der Waals surface area (Å²) in [6.45, 7) is 0.696. The second kappa shape index (κ2) is 8.05. The Hall–Kier alpha value is -2.50. The van der Waals surface area contributed by atoms with Crippen molar-refractivity contribution in [2.24, 2.45) is 0 Å². The number of hydrogen-bond acceptors (Lipinski definition) is 4. The molecular weight excluding hydrogens is 361 g/mol. The Bertz CT molecular complexity index is 849. The molecule has 128 valence electrons. The lowest BCUT2D eigenvalue weighted by Crippen LogP contribution is -2.12. The Morgan fingerprint density at radius 1 is 1.16 bits per heavy atom. The second-order valence-electron chi connectivity index (χ2n) is 5.28. The average Bonchev–Trinajstić information content (AvgIpc) is 3.13. The van der Waals surface area contributed by atoms with E-state index in [0.29, 0.717) is 22.4 Å². The number of aromatic nitrogens is 1. The monoisotopic (exact) mass is 375 g/mol. The number of nitrogens with zero attached hydrogens (tertiary/aromatic N) is 1. The SMILES string of the molecule is O=C(Nc1ccc(NCCc2ccc(Cl)cc2Cl)cn1)c1ccco1. The number of furan rings is 1. The van der Waals surface area contributed by atoms with E-state index in [1.165, 1.54) is 6.26 Å². The molecule has 0 fully saturated rings. The highest BCUT2D eigenvalue weighted by Gasteiger charge is 2.09. The van der Waals surface area contributed by atoms with Crippen LogP contribution >= 0.6 is 23.2 Å². The average molecular weight is 376 g/mol. The minimum absolute atomic E-state index is 0.240. The molecule has 0 atom stereocenters. The van der Waals surface area contributed by atoms with E-state index in [2.05, 4.69) is 15.6 Å². The molecule has 25 heavy (non-hydrogen) atoms. The van der Waals surface area contributed by atoms with Crippen LogP contribution in [0.15, 0.2) is 59.3 Å². The van der Waals surface area contributed by atoms with E-state index in [4.69, 9.17) is 27.6 Å². The lowest BCUT2D eigenvalue weighted by molar-refractivity contribution is 0.0996. The van der Waals surface area contributed by atoms with Crippen molar-refractivity contribution in [2.75, 3.05) is 17.2 Å². The Labute approximate surface area is 155 Å². The highest BCUT2D eigenvalue weighted by molar-refractivity contribution is 6.35. The molecule has 0 aliphatic rings. The maximum absolute atomic E-state index is 11.9. The minimum atomic E-state index is -0.337. The van der Waals surface area contributed by atoms with Crippen molar-refractivity contribution < 1.29 is 9.21 Å². The van der Waals surface area contributed by atoms with Gasteiger partial charge in [0.25, 0.3) is 5.91 Å². The number of rotatable bonds is 6. The molecule has 2 aromatic heterocycles. The summed E-state index contributed by atoms with van der Waals surface area (Å²) in [6.07, 6.45) is 3.86. The first-order valence-electron chi connectivity index (χ1n) is 7.60. The first-order chi connectivity index (χ1) is 12.1. The molecule has 7 heteroatoms. The third-order valence-corrected chi connectivity index (χ3v) is 4.08. The predicted molar refractivity (Wildman–Crippen MR) is 99.6 cm³/mol. The molecule has 1 aromatic carbocycles. The molecule has 0 saturated carbocycles. The van der Waals surface area contributed by atoms with Gasteiger partial charge in [-0.25, -0.2) is 4.98 Å². The number of carbonyl (C=O) groups excluding carboxylic acids is 1. The number of amides is 1. The van der Waals surface area contributed by atoms with Crippen molar-refractivity contribution in [3.8, 4) is 0 Å². The Morgan fingerprint density at radius 3 is 2.72 bits per heavy atom. The molecule has 2 N–H and O–H groups in total. The van der Waals surface area contributed by atoms with E-state index in [1.54, 1.807) is 30.5 Å². The molecule has 3 aromatic rings. The zero-order valence-electron chi connectivity index (χ0n) is 13.1. The molecule has 0 aliphatic heterocycles. The number of pyridine rings is 1. The van der Waals surface area contributed by atoms with Crippen molar-refractivity contribution in [1.29, 1.82) is 0 Å². The number of nitrogens with one attached hydrogen (secondary N) is 2. The summed E-state index contributed by atoms with van der Waals surface area (Å²) in [7, 11) is 0. The predicted octanol–water partition coefficient (Wildman–Crippen LogP) is 4.89. The maximum atomic E-state index is 11.9. The summed E-state index contributed by atoms with van der Waals surface area (Å²) in [5.41, 5.74) is 1.87. The Kier molecular flexibility index (Phi) is 5.58. The van der Waals surface area contributed by atoms with E-state index < -0.39 is 0 Å². The summed E-state index contributed by atoms with van der Waals surface area (Å²) in [4.78, 5) is 16.1. The Morgan fingerprint density at radius 2 is 2.04 bits per heavy atom. The molecule has 0 bridgehead atoms. The van der Waals surface area contributed by atoms with Crippen LogP contribution in [0.3, 0.4) is 0 Å². The first kappa shape index (κ1) is 17.3. The van der Waals surface area contributed by atoms with E-state index in [-0.39, 0.29) is 11.7 Å². The summed E-state index contributed by atoms with van der Waals surface area (Å²) in [5, 5.41) is 7.20. The van der Waals surface area contributed by atoms with Crippen LogP contribution in [-0.4, -0.2) is 17.4 Å². The van der Waals surface area contributed by atoms with Gasteiger partial charge in [0.2, 0.25) is 0 Å². The quantitative estimate of drug-likeness (QED) is 0.643. The topological polar surface area (TPSA) is 67.2 Å². The lowest BCUT2D eigenvalue weighted by Gasteiger charge is -2.09. The van der Waals surface area contributed by atoms with E-state index >= 15 is 0 Å². The van der Waals surface area contributed by atoms with Crippen LogP contribution < -0.4 is 10.6 Å². The second-order valence-corrected chi connectivity index (χ2v) is 6.12. The van der Waals surface area contributed by atoms with Crippen LogP contribution in [-0.2, 0) is 6.42 Å². The third kappa shape index (κ3) is 4.75. The van der Waals surface area contributed by atoms with Gasteiger partial charge in [0.15, 0.2) is 5.76 Å². The van der Waals surface area contributed by atoms with E-state index in [1.807, 2.05) is 18.2 Å². The van der Waals surface area contributed by atoms with Gasteiger partial charge in [0.05, 0.1) is 18.1 Å². The fourth-order valence-electron chi connectivity index (χ4n) is 2.22. The minimum Gasteiger partial charge on any atom is -0.459 e. The molecule has 0 aliphatic carbocycles. The largest absolute Gasteiger partial charge is 0.459 e. The van der Waals surface area contributed by atoms with Gasteiger partial charge >= 0.3 is 0 Å². The van der Waals surface area contributed by atoms with Crippen molar-refractivity contribution in [3.63, 3.8) is 0 Å². The molecule has 0 radical (unpaired) electrons. The van der Waals surface area contributed by atoms with Gasteiger partial charge in [-0.2, -0.15) is 0 Å². The highest BCUT2D eigenvalue weighted by Crippen LogP contribution is 2.21. The van der Waals surface area contributed by atoms with Gasteiger partial charge in [-0.05, 0) is 48.4 Å². The molecule has 3 rings (SSSR count). The number of anilines is 2. The normalized spacial score (nSPS) is 10.5. The maximum Gasteiger partial charge on any atom is 0.292 e. The summed E-state index contributed by atoms with van der Waals surface area (Å²) < 4.78 is 5.03. The van der Waals surface area contributed by atoms with Gasteiger partial charge in [0.1, 0.15) is 5.82 Å². The summed E-state index contributed by atoms with van der Waals surface area (Å²) in [5.74, 6) is 0.354. The summed E-state index contributed by atoms with van der Waals surface area (Å²) in [6, 6.07) is 12.3. The molecule has 5 nitrogen and oxygen atoms in total. The number of benzene rings is 1. The van der Waals surface area contributed by atoms with Gasteiger partial charge in [-0.3, -0.25) is 4.79 Å². The fraction of sp³-hybridized carbons (Fsp3) is 0.111. The van der Waals surface area contributed by atoms with Gasteiger partial charge in [-0.1, -0.05) is 29.3 Å². The number of halogens is 2. The number of carbonyl (C=O) groups is 1. The molecule has 2 heterocycles. The van der Waals surface area contributed by atoms with Crippen LogP contribution in [0.25, 0.3) is 0 Å². The Balaban J connectivity index is 1.51. The zero-order valence-corrected chi connectivity index (χ0v) is 14.6. The van der Waals surface area contributed by atoms with Crippen molar-refractivity contribution >= 4 is 40.6 Å². The zero-order chi connectivity index (χ0) is 17.6. The lowest BCUT2D eigenvalue weighted by atomic mass is 10.1. The van der Waals surface area contributed by atoms with Crippen LogP contribution in [0.1, 0.15) is 16.1 Å². The van der Waals surface area contributed by atoms with Crippen molar-refractivity contribution in [1.82, 2.24) is 4.98 Å². The third-order valence-electron chi connectivity index (χ3n) is 3.49. The van der Waals surface area contributed by atoms with Gasteiger partial charge < -0.3 is 15.1 Å². The van der Waals surface area contributed by atoms with Crippen LogP contribution in [0.2, 0.25) is 10.0 Å². The van der Waals surface area contributed by atoms with Gasteiger partial charge in [0, 0.05) is 16.6 Å². The molecule has 0 unspecified atom stereocenters. The van der Waals surface area contributed by atoms with Crippen LogP contribution in [0.5, 0.6) is 0 Å².